The minimum absolute atomic E-state index is 0.00597. The van der Waals surface area contributed by atoms with Crippen LogP contribution in [0.4, 0.5) is 4.39 Å². The summed E-state index contributed by atoms with van der Waals surface area (Å²) < 4.78 is 31.4. The maximum atomic E-state index is 13.1. The summed E-state index contributed by atoms with van der Waals surface area (Å²) in [6.07, 6.45) is 2.40. The maximum Gasteiger partial charge on any atom is 0.380 e. The Labute approximate surface area is 161 Å². The van der Waals surface area contributed by atoms with Crippen molar-refractivity contribution in [2.75, 3.05) is 0 Å². The summed E-state index contributed by atoms with van der Waals surface area (Å²) in [5.41, 5.74) is 0.0412. The lowest BCUT2D eigenvalue weighted by molar-refractivity contribution is 0.152. The first-order valence-electron chi connectivity index (χ1n) is 6.96. The van der Waals surface area contributed by atoms with Crippen molar-refractivity contribution in [2.45, 2.75) is 5.34 Å². The zero-order valence-corrected chi connectivity index (χ0v) is 15.9. The van der Waals surface area contributed by atoms with Crippen LogP contribution < -0.4 is 4.74 Å². The molecule has 0 aliphatic heterocycles. The molecule has 136 valence electrons. The van der Waals surface area contributed by atoms with Gasteiger partial charge < -0.3 is 14.5 Å². The number of thiazole rings is 1. The quantitative estimate of drug-likeness (QED) is 0.455. The van der Waals surface area contributed by atoms with E-state index in [1.165, 1.54) is 30.5 Å². The van der Waals surface area contributed by atoms with Crippen molar-refractivity contribution in [3.05, 3.63) is 74.7 Å². The van der Waals surface area contributed by atoms with E-state index in [2.05, 4.69) is 9.97 Å². The summed E-state index contributed by atoms with van der Waals surface area (Å²) >= 11 is 12.9. The fourth-order valence-electron chi connectivity index (χ4n) is 2.27. The molecule has 0 saturated carbocycles. The zero-order valence-electron chi connectivity index (χ0n) is 12.7. The predicted molar refractivity (Wildman–Crippen MR) is 96.2 cm³/mol. The molecule has 1 aromatic carbocycles. The van der Waals surface area contributed by atoms with Crippen molar-refractivity contribution >= 4 is 42.1 Å². The summed E-state index contributed by atoms with van der Waals surface area (Å²) in [7, 11) is -5.03. The third kappa shape index (κ3) is 3.49. The van der Waals surface area contributed by atoms with Crippen molar-refractivity contribution in [3.8, 4) is 5.75 Å². The minimum Gasteiger partial charge on any atom is -0.461 e. The van der Waals surface area contributed by atoms with E-state index in [0.717, 1.165) is 23.6 Å². The predicted octanol–water partition coefficient (Wildman–Crippen LogP) is 4.44. The van der Waals surface area contributed by atoms with Gasteiger partial charge in [-0.1, -0.05) is 29.3 Å². The number of nitrogens with zero attached hydrogens (tertiary/aromatic N) is 2. The van der Waals surface area contributed by atoms with E-state index in [0.29, 0.717) is 0 Å². The first-order valence-corrected chi connectivity index (χ1v) is 10.2. The van der Waals surface area contributed by atoms with Gasteiger partial charge in [-0.3, -0.25) is 4.57 Å². The van der Waals surface area contributed by atoms with Crippen molar-refractivity contribution < 1.29 is 23.5 Å². The van der Waals surface area contributed by atoms with Gasteiger partial charge in [-0.05, 0) is 24.3 Å². The van der Waals surface area contributed by atoms with Gasteiger partial charge in [0, 0.05) is 17.1 Å². The number of rotatable bonds is 5. The lowest BCUT2D eigenvalue weighted by Crippen LogP contribution is -2.34. The number of halogens is 3. The third-order valence-corrected chi connectivity index (χ3v) is 6.56. The monoisotopic (exact) mass is 434 g/mol. The molecule has 3 rings (SSSR count). The highest BCUT2D eigenvalue weighted by Crippen LogP contribution is 2.61. The largest absolute Gasteiger partial charge is 0.461 e. The highest BCUT2D eigenvalue weighted by molar-refractivity contribution is 7.53. The summed E-state index contributed by atoms with van der Waals surface area (Å²) in [4.78, 5) is 27.9. The highest BCUT2D eigenvalue weighted by atomic mass is 35.5. The Morgan fingerprint density at radius 2 is 1.92 bits per heavy atom. The number of pyridine rings is 1. The summed E-state index contributed by atoms with van der Waals surface area (Å²) in [6.45, 7) is 0. The van der Waals surface area contributed by atoms with Crippen LogP contribution in [0.1, 0.15) is 10.6 Å². The van der Waals surface area contributed by atoms with Crippen LogP contribution in [0.15, 0.2) is 48.1 Å². The van der Waals surface area contributed by atoms with E-state index in [-0.39, 0.29) is 26.4 Å². The van der Waals surface area contributed by atoms with Crippen LogP contribution in [0.2, 0.25) is 10.0 Å². The number of benzene rings is 1. The van der Waals surface area contributed by atoms with Crippen LogP contribution in [-0.4, -0.2) is 19.8 Å². The molecule has 0 aliphatic carbocycles. The SMILES string of the molecule is O=P(O)(O)C(Oc1ccc(F)nc1)(c1ccc(Cl)c(Cl)c1)c1nccs1. The summed E-state index contributed by atoms with van der Waals surface area (Å²) in [6, 6.07) is 6.28. The van der Waals surface area contributed by atoms with Gasteiger partial charge in [-0.25, -0.2) is 9.97 Å². The van der Waals surface area contributed by atoms with Crippen molar-refractivity contribution in [2.24, 2.45) is 0 Å². The molecule has 0 saturated heterocycles. The molecule has 1 atom stereocenters. The molecule has 3 aromatic rings. The van der Waals surface area contributed by atoms with Crippen molar-refractivity contribution in [1.29, 1.82) is 0 Å². The van der Waals surface area contributed by atoms with E-state index < -0.39 is 18.9 Å². The first-order chi connectivity index (χ1) is 12.2. The number of hydrogen-bond donors (Lipinski definition) is 2. The molecule has 0 spiro atoms. The van der Waals surface area contributed by atoms with Crippen LogP contribution in [0.3, 0.4) is 0 Å². The Kier molecular flexibility index (Phi) is 5.35. The van der Waals surface area contributed by atoms with E-state index in [1.54, 1.807) is 5.38 Å². The lowest BCUT2D eigenvalue weighted by Gasteiger charge is -2.33. The van der Waals surface area contributed by atoms with E-state index in [1.807, 2.05) is 0 Å². The van der Waals surface area contributed by atoms with Crippen LogP contribution in [0.25, 0.3) is 0 Å². The molecular weight excluding hydrogens is 425 g/mol. The van der Waals surface area contributed by atoms with Crippen molar-refractivity contribution in [3.63, 3.8) is 0 Å². The Morgan fingerprint density at radius 1 is 1.15 bits per heavy atom. The van der Waals surface area contributed by atoms with Crippen LogP contribution in [0.5, 0.6) is 5.75 Å². The molecular formula is C15H10Cl2FN2O4PS. The fraction of sp³-hybridized carbons (Fsp3) is 0.0667. The van der Waals surface area contributed by atoms with Gasteiger partial charge in [0.25, 0.3) is 5.34 Å². The molecule has 2 aromatic heterocycles. The molecule has 0 bridgehead atoms. The molecule has 2 heterocycles. The topological polar surface area (TPSA) is 92.5 Å². The molecule has 11 heteroatoms. The Balaban J connectivity index is 2.27. The normalized spacial score (nSPS) is 14.0. The fourth-order valence-corrected chi connectivity index (χ4v) is 4.78. The number of hydrogen-bond acceptors (Lipinski definition) is 5. The summed E-state index contributed by atoms with van der Waals surface area (Å²) in [5.74, 6) is -0.820. The second kappa shape index (κ2) is 7.23. The Hall–Kier alpha value is -1.54. The molecule has 0 aliphatic rings. The second-order valence-electron chi connectivity index (χ2n) is 5.07. The van der Waals surface area contributed by atoms with Gasteiger partial charge in [-0.2, -0.15) is 4.39 Å². The third-order valence-electron chi connectivity index (χ3n) is 3.41. The second-order valence-corrected chi connectivity index (χ2v) is 8.50. The van der Waals surface area contributed by atoms with Crippen LogP contribution in [-0.2, 0) is 9.91 Å². The van der Waals surface area contributed by atoms with Gasteiger partial charge in [-0.15, -0.1) is 11.3 Å². The average Bonchev–Trinajstić information content (AvgIpc) is 3.10. The molecule has 1 unspecified atom stereocenters. The molecule has 26 heavy (non-hydrogen) atoms. The smallest absolute Gasteiger partial charge is 0.380 e. The van der Waals surface area contributed by atoms with Crippen LogP contribution in [0, 0.1) is 5.95 Å². The number of ether oxygens (including phenoxy) is 1. The Bertz CT molecular complexity index is 968. The molecule has 0 fully saturated rings. The summed E-state index contributed by atoms with van der Waals surface area (Å²) in [5, 5.41) is -0.469. The Morgan fingerprint density at radius 3 is 2.46 bits per heavy atom. The number of aromatic nitrogens is 2. The average molecular weight is 435 g/mol. The standard InChI is InChI=1S/C15H10Cl2FN2O4PS/c16-11-3-1-9(7-12(11)17)15(25(21,22)23,14-19-5-6-26-14)24-10-2-4-13(18)20-8-10/h1-8H,(H2,21,22,23). The van der Waals surface area contributed by atoms with Crippen LogP contribution >= 0.6 is 42.1 Å². The maximum absolute atomic E-state index is 13.1. The van der Waals surface area contributed by atoms with E-state index in [9.17, 15) is 18.7 Å². The lowest BCUT2D eigenvalue weighted by atomic mass is 10.1. The van der Waals surface area contributed by atoms with E-state index >= 15 is 0 Å². The molecule has 2 N–H and O–H groups in total. The minimum atomic E-state index is -5.03. The molecule has 0 radical (unpaired) electrons. The zero-order chi connectivity index (χ0) is 18.9. The van der Waals surface area contributed by atoms with E-state index in [4.69, 9.17) is 27.9 Å². The molecule has 0 amide bonds. The highest BCUT2D eigenvalue weighted by Gasteiger charge is 2.55. The van der Waals surface area contributed by atoms with Gasteiger partial charge in [0.15, 0.2) is 5.01 Å². The van der Waals surface area contributed by atoms with Gasteiger partial charge in [0.2, 0.25) is 5.95 Å². The van der Waals surface area contributed by atoms with Crippen molar-refractivity contribution in [1.82, 2.24) is 9.97 Å². The van der Waals surface area contributed by atoms with Gasteiger partial charge in [0.1, 0.15) is 5.75 Å². The van der Waals surface area contributed by atoms with Gasteiger partial charge in [0.05, 0.1) is 16.2 Å². The van der Waals surface area contributed by atoms with Gasteiger partial charge >= 0.3 is 7.60 Å². The molecule has 6 nitrogen and oxygen atoms in total. The first kappa shape index (κ1) is 19.2.